The smallest absolute Gasteiger partial charge is 0.224 e. The van der Waals surface area contributed by atoms with E-state index in [1.54, 1.807) is 12.1 Å². The number of rotatable bonds is 6. The minimum Gasteiger partial charge on any atom is -0.369 e. The molecule has 2 heterocycles. The van der Waals surface area contributed by atoms with Crippen molar-refractivity contribution in [3.8, 4) is 11.3 Å². The zero-order chi connectivity index (χ0) is 23.5. The molecule has 34 heavy (non-hydrogen) atoms. The number of H-pyrrole nitrogens is 1. The molecule has 0 unspecified atom stereocenters. The number of aromatic amines is 1. The minimum atomic E-state index is -0.280. The van der Waals surface area contributed by atoms with Crippen LogP contribution in [0, 0.1) is 5.82 Å². The fraction of sp³-hybridized carbons (Fsp3) is 0.250. The number of fused-ring (bicyclic) bond motifs is 1. The van der Waals surface area contributed by atoms with Gasteiger partial charge in [-0.3, -0.25) is 4.79 Å². The summed E-state index contributed by atoms with van der Waals surface area (Å²) in [5.41, 5.74) is 5.76. The van der Waals surface area contributed by atoms with Gasteiger partial charge in [0.25, 0.3) is 0 Å². The molecular weight excluding hydrogens is 427 g/mol. The number of nitrogens with one attached hydrogen (secondary N) is 2. The summed E-state index contributed by atoms with van der Waals surface area (Å²) in [5, 5.41) is 3.83. The number of hydrogen-bond acceptors (Lipinski definition) is 3. The van der Waals surface area contributed by atoms with E-state index in [-0.39, 0.29) is 11.7 Å². The number of carbonyl (C=O) groups is 1. The molecule has 3 aromatic carbocycles. The number of piperazine rings is 1. The Morgan fingerprint density at radius 3 is 2.44 bits per heavy atom. The summed E-state index contributed by atoms with van der Waals surface area (Å²) in [7, 11) is 2.14. The Kier molecular flexibility index (Phi) is 6.32. The van der Waals surface area contributed by atoms with Crippen molar-refractivity contribution >= 4 is 28.2 Å². The first kappa shape index (κ1) is 22.2. The van der Waals surface area contributed by atoms with Crippen LogP contribution < -0.4 is 10.2 Å². The van der Waals surface area contributed by atoms with Crippen LogP contribution in [0.2, 0.25) is 0 Å². The van der Waals surface area contributed by atoms with Gasteiger partial charge < -0.3 is 20.1 Å². The highest BCUT2D eigenvalue weighted by atomic mass is 19.1. The SMILES string of the molecule is CN1CCN(c2ccc(NC(=O)CCc3c(-c4ccccc4)[nH]c4ccc(F)cc34)cc2)CC1. The molecule has 0 atom stereocenters. The summed E-state index contributed by atoms with van der Waals surface area (Å²) in [6.07, 6.45) is 0.822. The zero-order valence-electron chi connectivity index (χ0n) is 19.4. The van der Waals surface area contributed by atoms with Crippen LogP contribution in [0.5, 0.6) is 0 Å². The third-order valence-corrected chi connectivity index (χ3v) is 6.55. The van der Waals surface area contributed by atoms with Crippen molar-refractivity contribution in [1.82, 2.24) is 9.88 Å². The number of carbonyl (C=O) groups excluding carboxylic acids is 1. The third-order valence-electron chi connectivity index (χ3n) is 6.55. The molecule has 0 radical (unpaired) electrons. The molecule has 2 N–H and O–H groups in total. The molecule has 1 aromatic heterocycles. The van der Waals surface area contributed by atoms with Gasteiger partial charge in [-0.1, -0.05) is 30.3 Å². The van der Waals surface area contributed by atoms with Crippen molar-refractivity contribution < 1.29 is 9.18 Å². The Balaban J connectivity index is 1.28. The van der Waals surface area contributed by atoms with Gasteiger partial charge in [-0.15, -0.1) is 0 Å². The van der Waals surface area contributed by atoms with Crippen LogP contribution in [-0.4, -0.2) is 49.0 Å². The highest BCUT2D eigenvalue weighted by molar-refractivity contribution is 5.94. The van der Waals surface area contributed by atoms with E-state index in [4.69, 9.17) is 0 Å². The maximum atomic E-state index is 14.0. The average molecular weight is 457 g/mol. The summed E-state index contributed by atoms with van der Waals surface area (Å²) >= 11 is 0. The first-order chi connectivity index (χ1) is 16.6. The first-order valence-corrected chi connectivity index (χ1v) is 11.8. The van der Waals surface area contributed by atoms with Crippen molar-refractivity contribution in [3.63, 3.8) is 0 Å². The van der Waals surface area contributed by atoms with E-state index in [1.807, 2.05) is 42.5 Å². The van der Waals surface area contributed by atoms with Crippen LogP contribution in [0.3, 0.4) is 0 Å². The van der Waals surface area contributed by atoms with Gasteiger partial charge in [-0.25, -0.2) is 4.39 Å². The zero-order valence-corrected chi connectivity index (χ0v) is 19.4. The third kappa shape index (κ3) is 4.82. The number of anilines is 2. The standard InChI is InChI=1S/C28H29FN4O/c1-32-15-17-33(18-16-32)23-10-8-22(9-11-23)30-27(34)14-12-24-25-19-21(29)7-13-26(25)31-28(24)20-5-3-2-4-6-20/h2-11,13,19,31H,12,14-18H2,1H3,(H,30,34). The molecule has 5 nitrogen and oxygen atoms in total. The number of halogens is 1. The molecule has 4 aromatic rings. The lowest BCUT2D eigenvalue weighted by atomic mass is 10.0. The highest BCUT2D eigenvalue weighted by Crippen LogP contribution is 2.32. The number of likely N-dealkylation sites (N-methyl/N-ethyl adjacent to an activating group) is 1. The molecule has 1 aliphatic rings. The molecule has 1 fully saturated rings. The molecule has 5 rings (SSSR count). The van der Waals surface area contributed by atoms with E-state index >= 15 is 0 Å². The lowest BCUT2D eigenvalue weighted by Gasteiger charge is -2.34. The van der Waals surface area contributed by atoms with Crippen LogP contribution in [0.25, 0.3) is 22.2 Å². The van der Waals surface area contributed by atoms with E-state index < -0.39 is 0 Å². The first-order valence-electron chi connectivity index (χ1n) is 11.8. The van der Waals surface area contributed by atoms with Crippen LogP contribution in [0.15, 0.2) is 72.8 Å². The normalized spacial score (nSPS) is 14.5. The van der Waals surface area contributed by atoms with E-state index in [9.17, 15) is 9.18 Å². The van der Waals surface area contributed by atoms with Crippen molar-refractivity contribution in [3.05, 3.63) is 84.2 Å². The molecule has 1 aliphatic heterocycles. The van der Waals surface area contributed by atoms with Crippen LogP contribution in [0.4, 0.5) is 15.8 Å². The lowest BCUT2D eigenvalue weighted by molar-refractivity contribution is -0.116. The monoisotopic (exact) mass is 456 g/mol. The highest BCUT2D eigenvalue weighted by Gasteiger charge is 2.16. The van der Waals surface area contributed by atoms with Crippen molar-refractivity contribution in [2.24, 2.45) is 0 Å². The fourth-order valence-electron chi connectivity index (χ4n) is 4.61. The second-order valence-electron chi connectivity index (χ2n) is 8.92. The van der Waals surface area contributed by atoms with Gasteiger partial charge in [-0.2, -0.15) is 0 Å². The van der Waals surface area contributed by atoms with Gasteiger partial charge in [0.2, 0.25) is 5.91 Å². The Morgan fingerprint density at radius 1 is 0.971 bits per heavy atom. The summed E-state index contributed by atoms with van der Waals surface area (Å²) in [6, 6.07) is 22.8. The predicted molar refractivity (Wildman–Crippen MR) is 137 cm³/mol. The van der Waals surface area contributed by atoms with Crippen molar-refractivity contribution in [1.29, 1.82) is 0 Å². The number of amides is 1. The van der Waals surface area contributed by atoms with Gasteiger partial charge in [0.05, 0.1) is 0 Å². The molecule has 0 saturated carbocycles. The number of aromatic nitrogens is 1. The largest absolute Gasteiger partial charge is 0.369 e. The van der Waals surface area contributed by atoms with Gasteiger partial charge in [0.15, 0.2) is 0 Å². The van der Waals surface area contributed by atoms with Gasteiger partial charge in [0.1, 0.15) is 5.82 Å². The molecule has 174 valence electrons. The van der Waals surface area contributed by atoms with E-state index in [2.05, 4.69) is 39.3 Å². The second-order valence-corrected chi connectivity index (χ2v) is 8.92. The maximum absolute atomic E-state index is 14.0. The van der Waals surface area contributed by atoms with Crippen LogP contribution in [0.1, 0.15) is 12.0 Å². The van der Waals surface area contributed by atoms with Crippen LogP contribution in [-0.2, 0) is 11.2 Å². The Morgan fingerprint density at radius 2 is 1.71 bits per heavy atom. The molecular formula is C28H29FN4O. The Labute approximate surface area is 199 Å². The summed E-state index contributed by atoms with van der Waals surface area (Å²) in [4.78, 5) is 20.9. The number of aryl methyl sites for hydroxylation is 1. The quantitative estimate of drug-likeness (QED) is 0.414. The molecule has 0 spiro atoms. The average Bonchev–Trinajstić information content (AvgIpc) is 3.22. The Bertz CT molecular complexity index is 1280. The predicted octanol–water partition coefficient (Wildman–Crippen LogP) is 5.30. The van der Waals surface area contributed by atoms with E-state index in [0.717, 1.165) is 59.6 Å². The number of nitrogens with zero attached hydrogens (tertiary/aromatic N) is 2. The fourth-order valence-corrected chi connectivity index (χ4v) is 4.61. The molecule has 0 bridgehead atoms. The molecule has 6 heteroatoms. The van der Waals surface area contributed by atoms with Crippen molar-refractivity contribution in [2.75, 3.05) is 43.4 Å². The molecule has 0 aliphatic carbocycles. The number of benzene rings is 3. The lowest BCUT2D eigenvalue weighted by Crippen LogP contribution is -2.44. The molecule has 1 amide bonds. The van der Waals surface area contributed by atoms with Crippen LogP contribution >= 0.6 is 0 Å². The van der Waals surface area contributed by atoms with E-state index in [0.29, 0.717) is 12.8 Å². The topological polar surface area (TPSA) is 51.4 Å². The van der Waals surface area contributed by atoms with E-state index in [1.165, 1.54) is 11.8 Å². The minimum absolute atomic E-state index is 0.0582. The van der Waals surface area contributed by atoms with Gasteiger partial charge in [0, 0.05) is 60.6 Å². The van der Waals surface area contributed by atoms with Crippen molar-refractivity contribution in [2.45, 2.75) is 12.8 Å². The summed E-state index contributed by atoms with van der Waals surface area (Å²) in [5.74, 6) is -0.339. The Hall–Kier alpha value is -3.64. The summed E-state index contributed by atoms with van der Waals surface area (Å²) < 4.78 is 14.0. The number of hydrogen-bond donors (Lipinski definition) is 2. The molecule has 1 saturated heterocycles. The van der Waals surface area contributed by atoms with Gasteiger partial charge in [-0.05, 0) is 67.1 Å². The maximum Gasteiger partial charge on any atom is 0.224 e. The second kappa shape index (κ2) is 9.69. The van der Waals surface area contributed by atoms with Gasteiger partial charge >= 0.3 is 0 Å². The summed E-state index contributed by atoms with van der Waals surface area (Å²) in [6.45, 7) is 4.14.